The van der Waals surface area contributed by atoms with Gasteiger partial charge in [0.15, 0.2) is 11.5 Å². The molecular formula is C16H13N5O3. The maximum absolute atomic E-state index is 11.8. The number of morpholine rings is 1. The first kappa shape index (κ1) is 14.5. The number of benzene rings is 1. The van der Waals surface area contributed by atoms with Crippen LogP contribution < -0.4 is 10.1 Å². The fraction of sp³-hybridized carbons (Fsp3) is 0.188. The topological polar surface area (TPSA) is 89.7 Å². The van der Waals surface area contributed by atoms with Gasteiger partial charge in [-0.3, -0.25) is 9.59 Å². The number of carbonyl (C=O) groups excluding carboxylic acids is 2. The van der Waals surface area contributed by atoms with E-state index in [1.807, 2.05) is 6.92 Å². The smallest absolute Gasteiger partial charge is 0.259 e. The third-order valence-electron chi connectivity index (χ3n) is 3.88. The third kappa shape index (κ3) is 2.16. The third-order valence-corrected chi connectivity index (χ3v) is 3.88. The Morgan fingerprint density at radius 3 is 2.38 bits per heavy atom. The average molecular weight is 323 g/mol. The number of nitrogens with zero attached hydrogens (tertiary/aromatic N) is 5. The van der Waals surface area contributed by atoms with E-state index in [1.165, 1.54) is 4.63 Å². The molecule has 1 aliphatic heterocycles. The van der Waals surface area contributed by atoms with Crippen molar-refractivity contribution in [2.45, 2.75) is 6.92 Å². The highest BCUT2D eigenvalue weighted by Gasteiger charge is 2.28. The number of fused-ring (bicyclic) bond motifs is 1. The number of aromatic nitrogens is 4. The van der Waals surface area contributed by atoms with Gasteiger partial charge in [-0.15, -0.1) is 9.73 Å². The molecule has 3 aromatic rings. The van der Waals surface area contributed by atoms with Gasteiger partial charge in [0.2, 0.25) is 0 Å². The first-order chi connectivity index (χ1) is 11.5. The first-order valence-corrected chi connectivity index (χ1v) is 7.31. The number of aryl methyl sites for hydroxylation is 1. The van der Waals surface area contributed by atoms with Crippen molar-refractivity contribution in [3.8, 4) is 11.4 Å². The van der Waals surface area contributed by atoms with Crippen LogP contribution in [0.25, 0.3) is 23.6 Å². The number of ether oxygens (including phenoxy) is 1. The molecule has 0 atom stereocenters. The molecule has 2 aromatic heterocycles. The van der Waals surface area contributed by atoms with Gasteiger partial charge in [0.25, 0.3) is 11.8 Å². The minimum absolute atomic E-state index is 0.0950. The van der Waals surface area contributed by atoms with Crippen molar-refractivity contribution in [2.24, 2.45) is 0 Å². The molecule has 24 heavy (non-hydrogen) atoms. The number of anilines is 1. The molecule has 2 amide bonds. The van der Waals surface area contributed by atoms with Crippen LogP contribution in [-0.4, -0.2) is 44.8 Å². The summed E-state index contributed by atoms with van der Waals surface area (Å²) in [6, 6.07) is 6.89. The Morgan fingerprint density at radius 1 is 1.08 bits per heavy atom. The van der Waals surface area contributed by atoms with Crippen LogP contribution >= 0.6 is 0 Å². The Bertz CT molecular complexity index is 993. The van der Waals surface area contributed by atoms with E-state index in [1.54, 1.807) is 24.3 Å². The van der Waals surface area contributed by atoms with E-state index in [0.717, 1.165) is 21.4 Å². The van der Waals surface area contributed by atoms with Crippen LogP contribution in [0.2, 0.25) is 0 Å². The van der Waals surface area contributed by atoms with Crippen LogP contribution in [0.1, 0.15) is 5.69 Å². The Kier molecular flexibility index (Phi) is 3.14. The number of hydrogen-bond donors (Lipinski definition) is 0. The molecule has 120 valence electrons. The summed E-state index contributed by atoms with van der Waals surface area (Å²) in [5, 5.41) is 9.31. The number of imide groups is 1. The van der Waals surface area contributed by atoms with Crippen LogP contribution in [-0.2, 0) is 14.3 Å². The van der Waals surface area contributed by atoms with E-state index in [4.69, 9.17) is 4.74 Å². The van der Waals surface area contributed by atoms with E-state index in [2.05, 4.69) is 21.8 Å². The van der Waals surface area contributed by atoms with Crippen LogP contribution in [0.5, 0.6) is 0 Å². The number of hydrogen-bond acceptors (Lipinski definition) is 6. The summed E-state index contributed by atoms with van der Waals surface area (Å²) >= 11 is 0. The lowest BCUT2D eigenvalue weighted by Gasteiger charge is -2.24. The second-order valence-electron chi connectivity index (χ2n) is 5.47. The fourth-order valence-electron chi connectivity index (χ4n) is 2.59. The summed E-state index contributed by atoms with van der Waals surface area (Å²) in [4.78, 5) is 29.3. The standard InChI is InChI=1S/C16H13N5O3/c1-9-10(2)18-21-16(9)17-15(19-21)11-3-5-12(6-4-11)20-13(22)7-24-8-14(20)23/h3-6H,1,7-8H2,2H3. The molecule has 3 heterocycles. The highest BCUT2D eigenvalue weighted by molar-refractivity contribution is 6.17. The maximum atomic E-state index is 11.8. The van der Waals surface area contributed by atoms with Gasteiger partial charge in [0.05, 0.1) is 11.4 Å². The van der Waals surface area contributed by atoms with Crippen molar-refractivity contribution in [2.75, 3.05) is 18.1 Å². The molecule has 1 aliphatic rings. The summed E-state index contributed by atoms with van der Waals surface area (Å²) in [5.41, 5.74) is 2.66. The molecule has 8 nitrogen and oxygen atoms in total. The van der Waals surface area contributed by atoms with Gasteiger partial charge >= 0.3 is 0 Å². The number of rotatable bonds is 2. The summed E-state index contributed by atoms with van der Waals surface area (Å²) in [6.45, 7) is 5.59. The van der Waals surface area contributed by atoms with E-state index in [0.29, 0.717) is 17.2 Å². The Morgan fingerprint density at radius 2 is 1.75 bits per heavy atom. The van der Waals surface area contributed by atoms with Gasteiger partial charge in [-0.25, -0.2) is 9.88 Å². The molecule has 8 heteroatoms. The SMILES string of the molecule is C=c1c(C)nn2nc(-c3ccc(N4C(=O)COCC4=O)cc3)nc12. The molecule has 0 spiro atoms. The molecule has 1 aromatic carbocycles. The average Bonchev–Trinajstić information content (AvgIpc) is 3.08. The monoisotopic (exact) mass is 323 g/mol. The molecular weight excluding hydrogens is 310 g/mol. The van der Waals surface area contributed by atoms with Crippen molar-refractivity contribution in [3.63, 3.8) is 0 Å². The molecule has 0 aliphatic carbocycles. The summed E-state index contributed by atoms with van der Waals surface area (Å²) in [5.74, 6) is -0.244. The predicted molar refractivity (Wildman–Crippen MR) is 85.0 cm³/mol. The lowest BCUT2D eigenvalue weighted by molar-refractivity contribution is -0.138. The van der Waals surface area contributed by atoms with Gasteiger partial charge in [-0.05, 0) is 31.2 Å². The van der Waals surface area contributed by atoms with Gasteiger partial charge < -0.3 is 4.74 Å². The summed E-state index contributed by atoms with van der Waals surface area (Å²) < 4.78 is 6.36. The zero-order valence-electron chi connectivity index (χ0n) is 12.9. The largest absolute Gasteiger partial charge is 0.362 e. The highest BCUT2D eigenvalue weighted by Crippen LogP contribution is 2.22. The summed E-state index contributed by atoms with van der Waals surface area (Å²) in [6.07, 6.45) is 0. The normalized spacial score (nSPS) is 15.5. The van der Waals surface area contributed by atoms with Crippen molar-refractivity contribution >= 4 is 29.7 Å². The van der Waals surface area contributed by atoms with Crippen molar-refractivity contribution in [1.82, 2.24) is 19.8 Å². The molecule has 0 unspecified atom stereocenters. The Labute approximate surface area is 136 Å². The van der Waals surface area contributed by atoms with Crippen LogP contribution in [0, 0.1) is 6.92 Å². The number of amides is 2. The van der Waals surface area contributed by atoms with Crippen molar-refractivity contribution in [1.29, 1.82) is 0 Å². The second-order valence-corrected chi connectivity index (χ2v) is 5.47. The van der Waals surface area contributed by atoms with E-state index in [9.17, 15) is 9.59 Å². The number of carbonyl (C=O) groups is 2. The molecule has 0 radical (unpaired) electrons. The zero-order valence-corrected chi connectivity index (χ0v) is 12.9. The Balaban J connectivity index is 1.68. The van der Waals surface area contributed by atoms with Crippen LogP contribution in [0.4, 0.5) is 5.69 Å². The second kappa shape index (κ2) is 5.20. The van der Waals surface area contributed by atoms with E-state index < -0.39 is 0 Å². The quantitative estimate of drug-likeness (QED) is 0.622. The first-order valence-electron chi connectivity index (χ1n) is 7.31. The molecule has 1 saturated heterocycles. The molecule has 1 fully saturated rings. The minimum Gasteiger partial charge on any atom is -0.362 e. The maximum Gasteiger partial charge on any atom is 0.259 e. The van der Waals surface area contributed by atoms with E-state index in [-0.39, 0.29) is 25.0 Å². The van der Waals surface area contributed by atoms with Crippen molar-refractivity contribution in [3.05, 3.63) is 35.2 Å². The van der Waals surface area contributed by atoms with Crippen molar-refractivity contribution < 1.29 is 14.3 Å². The highest BCUT2D eigenvalue weighted by atomic mass is 16.5. The summed E-state index contributed by atoms with van der Waals surface area (Å²) in [7, 11) is 0. The molecule has 4 rings (SSSR count). The van der Waals surface area contributed by atoms with Gasteiger partial charge in [0, 0.05) is 10.8 Å². The van der Waals surface area contributed by atoms with Gasteiger partial charge in [-0.1, -0.05) is 6.58 Å². The molecule has 0 bridgehead atoms. The minimum atomic E-state index is -0.376. The Hall–Kier alpha value is -3.13. The lowest BCUT2D eigenvalue weighted by Crippen LogP contribution is -2.46. The van der Waals surface area contributed by atoms with Gasteiger partial charge in [-0.2, -0.15) is 5.10 Å². The van der Waals surface area contributed by atoms with Crippen LogP contribution in [0.15, 0.2) is 24.3 Å². The molecule has 0 saturated carbocycles. The lowest BCUT2D eigenvalue weighted by atomic mass is 10.1. The fourth-order valence-corrected chi connectivity index (χ4v) is 2.59. The predicted octanol–water partition coefficient (Wildman–Crippen LogP) is 0.119. The van der Waals surface area contributed by atoms with Crippen LogP contribution in [0.3, 0.4) is 0 Å². The zero-order chi connectivity index (χ0) is 16.8. The van der Waals surface area contributed by atoms with Gasteiger partial charge in [0.1, 0.15) is 13.2 Å². The van der Waals surface area contributed by atoms with E-state index >= 15 is 0 Å². The molecule has 0 N–H and O–H groups in total.